The van der Waals surface area contributed by atoms with Crippen LogP contribution in [-0.4, -0.2) is 48.2 Å². The maximum Gasteiger partial charge on any atom is 0.425 e. The smallest absolute Gasteiger partial charge is 0.378 e. The normalized spacial score (nSPS) is 46.3. The number of rotatable bonds is 1. The lowest BCUT2D eigenvalue weighted by atomic mass is 9.79. The van der Waals surface area contributed by atoms with Crippen molar-refractivity contribution < 1.29 is 36.5 Å². The molecule has 16 heavy (non-hydrogen) atoms. The minimum absolute atomic E-state index is 0.396. The van der Waals surface area contributed by atoms with Crippen LogP contribution in [0.5, 0.6) is 0 Å². The predicted molar refractivity (Wildman–Crippen MR) is 40.0 cm³/mol. The van der Waals surface area contributed by atoms with E-state index < -0.39 is 42.4 Å². The number of hydrogen-bond donors (Lipinski definition) is 1. The summed E-state index contributed by atoms with van der Waals surface area (Å²) in [5.41, 5.74) is -4.11. The number of aliphatic hydroxyl groups is 1. The Kier molecular flexibility index (Phi) is 2.29. The van der Waals surface area contributed by atoms with E-state index in [-0.39, 0.29) is 0 Å². The van der Waals surface area contributed by atoms with Crippen LogP contribution in [0.2, 0.25) is 0 Å². The lowest BCUT2D eigenvalue weighted by Gasteiger charge is -2.39. The van der Waals surface area contributed by atoms with Crippen molar-refractivity contribution in [3.63, 3.8) is 0 Å². The van der Waals surface area contributed by atoms with Crippen molar-refractivity contribution in [3.8, 4) is 0 Å². The van der Waals surface area contributed by atoms with E-state index in [0.717, 1.165) is 7.11 Å². The Morgan fingerprint density at radius 3 is 2.31 bits per heavy atom. The number of ether oxygens (including phenoxy) is 2. The van der Waals surface area contributed by atoms with E-state index in [1.165, 1.54) is 0 Å². The van der Waals surface area contributed by atoms with Gasteiger partial charge < -0.3 is 14.6 Å². The first-order valence-corrected chi connectivity index (χ1v) is 4.51. The third-order valence-corrected chi connectivity index (χ3v) is 3.16. The molecule has 0 amide bonds. The second-order valence-electron chi connectivity index (χ2n) is 3.94. The molecular weight excluding hydrogens is 239 g/mol. The summed E-state index contributed by atoms with van der Waals surface area (Å²) in [6.07, 6.45) is -11.0. The molecular formula is C8H9F5O3. The van der Waals surface area contributed by atoms with Gasteiger partial charge in [0, 0.05) is 13.5 Å². The van der Waals surface area contributed by atoms with Crippen LogP contribution in [0.15, 0.2) is 0 Å². The summed E-state index contributed by atoms with van der Waals surface area (Å²) in [7, 11) is 1.11. The first-order chi connectivity index (χ1) is 7.16. The van der Waals surface area contributed by atoms with Crippen LogP contribution in [0.25, 0.3) is 0 Å². The number of methoxy groups -OCH3 is 1. The van der Waals surface area contributed by atoms with E-state index in [2.05, 4.69) is 9.47 Å². The molecule has 0 spiro atoms. The van der Waals surface area contributed by atoms with Gasteiger partial charge in [0.05, 0.1) is 6.10 Å². The fourth-order valence-corrected chi connectivity index (χ4v) is 2.27. The van der Waals surface area contributed by atoms with Crippen LogP contribution in [0, 0.1) is 0 Å². The molecule has 2 fully saturated rings. The van der Waals surface area contributed by atoms with Gasteiger partial charge in [-0.15, -0.1) is 0 Å². The Balaban J connectivity index is 2.40. The van der Waals surface area contributed by atoms with Gasteiger partial charge in [-0.3, -0.25) is 0 Å². The molecule has 0 radical (unpaired) electrons. The number of fused-ring (bicyclic) bond motifs is 2. The highest BCUT2D eigenvalue weighted by Gasteiger charge is 2.84. The molecule has 2 saturated heterocycles. The van der Waals surface area contributed by atoms with E-state index in [1.807, 2.05) is 0 Å². The van der Waals surface area contributed by atoms with Crippen molar-refractivity contribution in [2.24, 2.45) is 0 Å². The topological polar surface area (TPSA) is 38.7 Å². The molecule has 0 aromatic rings. The van der Waals surface area contributed by atoms with Crippen LogP contribution >= 0.6 is 0 Å². The molecule has 2 heterocycles. The molecule has 0 saturated carbocycles. The minimum Gasteiger partial charge on any atom is -0.378 e. The van der Waals surface area contributed by atoms with Gasteiger partial charge in [-0.25, -0.2) is 0 Å². The molecule has 2 aliphatic rings. The summed E-state index contributed by atoms with van der Waals surface area (Å²) in [6, 6.07) is 0. The Morgan fingerprint density at radius 1 is 1.38 bits per heavy atom. The molecule has 0 aliphatic carbocycles. The van der Waals surface area contributed by atoms with Gasteiger partial charge in [0.2, 0.25) is 0 Å². The zero-order valence-corrected chi connectivity index (χ0v) is 8.09. The summed E-state index contributed by atoms with van der Waals surface area (Å²) >= 11 is 0. The van der Waals surface area contributed by atoms with Gasteiger partial charge in [0.25, 0.3) is 5.60 Å². The maximum atomic E-state index is 13.4. The molecule has 2 aliphatic heterocycles. The molecule has 1 N–H and O–H groups in total. The summed E-state index contributed by atoms with van der Waals surface area (Å²) in [6.45, 7) is 0. The van der Waals surface area contributed by atoms with Gasteiger partial charge in [-0.05, 0) is 0 Å². The van der Waals surface area contributed by atoms with Crippen molar-refractivity contribution in [2.45, 2.75) is 42.4 Å². The molecule has 4 unspecified atom stereocenters. The van der Waals surface area contributed by atoms with Gasteiger partial charge >= 0.3 is 12.1 Å². The number of halogens is 5. The van der Waals surface area contributed by atoms with Crippen molar-refractivity contribution in [1.29, 1.82) is 0 Å². The summed E-state index contributed by atoms with van der Waals surface area (Å²) in [5, 5.41) is 9.20. The Hall–Kier alpha value is -0.470. The van der Waals surface area contributed by atoms with Crippen LogP contribution in [-0.2, 0) is 9.47 Å². The van der Waals surface area contributed by atoms with Crippen LogP contribution in [0.4, 0.5) is 22.0 Å². The van der Waals surface area contributed by atoms with E-state index in [0.29, 0.717) is 0 Å². The zero-order valence-electron chi connectivity index (χ0n) is 8.09. The van der Waals surface area contributed by atoms with Crippen LogP contribution < -0.4 is 0 Å². The van der Waals surface area contributed by atoms with Crippen LogP contribution in [0.3, 0.4) is 0 Å². The van der Waals surface area contributed by atoms with Gasteiger partial charge in [-0.1, -0.05) is 0 Å². The lowest BCUT2D eigenvalue weighted by molar-refractivity contribution is -0.337. The predicted octanol–water partition coefficient (Wildman–Crippen LogP) is 1.10. The first kappa shape index (κ1) is 12.0. The lowest BCUT2D eigenvalue weighted by Crippen LogP contribution is -2.67. The molecule has 8 heteroatoms. The molecule has 0 aromatic carbocycles. The van der Waals surface area contributed by atoms with E-state index >= 15 is 0 Å². The molecule has 2 bridgehead atoms. The Bertz CT molecular complexity index is 305. The third kappa shape index (κ3) is 1.12. The first-order valence-electron chi connectivity index (χ1n) is 4.51. The summed E-state index contributed by atoms with van der Waals surface area (Å²) in [4.78, 5) is 0. The highest BCUT2D eigenvalue weighted by atomic mass is 19.4. The minimum atomic E-state index is -5.44. The summed E-state index contributed by atoms with van der Waals surface area (Å²) in [5.74, 6) is -4.39. The fourth-order valence-electron chi connectivity index (χ4n) is 2.27. The van der Waals surface area contributed by atoms with E-state index in [1.54, 1.807) is 0 Å². The zero-order chi connectivity index (χ0) is 12.4. The van der Waals surface area contributed by atoms with Gasteiger partial charge in [-0.2, -0.15) is 22.0 Å². The molecule has 4 atom stereocenters. The summed E-state index contributed by atoms with van der Waals surface area (Å²) < 4.78 is 73.4. The average molecular weight is 248 g/mol. The van der Waals surface area contributed by atoms with Crippen molar-refractivity contribution in [1.82, 2.24) is 0 Å². The molecule has 0 aromatic heterocycles. The van der Waals surface area contributed by atoms with E-state index in [4.69, 9.17) is 0 Å². The molecule has 2 rings (SSSR count). The van der Waals surface area contributed by atoms with Gasteiger partial charge in [0.15, 0.2) is 6.10 Å². The van der Waals surface area contributed by atoms with E-state index in [9.17, 15) is 27.1 Å². The highest BCUT2D eigenvalue weighted by Crippen LogP contribution is 2.58. The second kappa shape index (κ2) is 3.05. The molecule has 94 valence electrons. The van der Waals surface area contributed by atoms with Crippen molar-refractivity contribution in [3.05, 3.63) is 0 Å². The highest BCUT2D eigenvalue weighted by molar-refractivity contribution is 5.19. The Labute approximate surface area is 87.1 Å². The SMILES string of the molecule is COC1CC2OC1C(F)(F)C2(O)C(F)(F)F. The number of hydrogen-bond acceptors (Lipinski definition) is 3. The van der Waals surface area contributed by atoms with Crippen molar-refractivity contribution in [2.75, 3.05) is 7.11 Å². The van der Waals surface area contributed by atoms with Crippen molar-refractivity contribution >= 4 is 0 Å². The second-order valence-corrected chi connectivity index (χ2v) is 3.94. The largest absolute Gasteiger partial charge is 0.425 e. The third-order valence-electron chi connectivity index (χ3n) is 3.16. The monoisotopic (exact) mass is 248 g/mol. The Morgan fingerprint density at radius 2 is 1.94 bits per heavy atom. The quantitative estimate of drug-likeness (QED) is 0.706. The number of alkyl halides is 5. The molecule has 3 nitrogen and oxygen atoms in total. The maximum absolute atomic E-state index is 13.4. The van der Waals surface area contributed by atoms with Crippen LogP contribution in [0.1, 0.15) is 6.42 Å². The fraction of sp³-hybridized carbons (Fsp3) is 1.00. The van der Waals surface area contributed by atoms with Gasteiger partial charge in [0.1, 0.15) is 6.10 Å². The average Bonchev–Trinajstić information content (AvgIpc) is 2.64. The standard InChI is InChI=1S/C8H9F5O3/c1-15-3-2-4-6(14,8(11,12)13)7(9,10)5(3)16-4/h3-5,14H,2H2,1H3.